The lowest BCUT2D eigenvalue weighted by molar-refractivity contribution is -0.141. The fraction of sp³-hybridized carbons (Fsp3) is 0.391. The van der Waals surface area contributed by atoms with Crippen LogP contribution in [0, 0.1) is 6.92 Å². The summed E-state index contributed by atoms with van der Waals surface area (Å²) in [5.74, 6) is -0.212. The van der Waals surface area contributed by atoms with Crippen LogP contribution in [0.3, 0.4) is 0 Å². The van der Waals surface area contributed by atoms with E-state index in [1.54, 1.807) is 18.3 Å². The van der Waals surface area contributed by atoms with Crippen molar-refractivity contribution in [1.29, 1.82) is 0 Å². The van der Waals surface area contributed by atoms with E-state index in [4.69, 9.17) is 4.74 Å². The molecule has 0 spiro atoms. The van der Waals surface area contributed by atoms with Crippen LogP contribution in [0.2, 0.25) is 0 Å². The van der Waals surface area contributed by atoms with Crippen molar-refractivity contribution in [2.75, 3.05) is 25.1 Å². The summed E-state index contributed by atoms with van der Waals surface area (Å²) in [7, 11) is 0. The molecule has 1 aromatic carbocycles. The molecule has 1 fully saturated rings. The average Bonchev–Trinajstić information content (AvgIpc) is 3.23. The summed E-state index contributed by atoms with van der Waals surface area (Å²) in [6, 6.07) is 6.32. The summed E-state index contributed by atoms with van der Waals surface area (Å²) < 4.78 is 45.0. The first-order valence-electron chi connectivity index (χ1n) is 11.0. The molecule has 2 aromatic heterocycles. The highest BCUT2D eigenvalue weighted by Gasteiger charge is 2.38. The number of nitrogens with zero attached hydrogens (tertiary/aromatic N) is 3. The second-order valence-corrected chi connectivity index (χ2v) is 9.20. The number of aliphatic hydroxyl groups is 1. The molecule has 3 heterocycles. The van der Waals surface area contributed by atoms with Gasteiger partial charge in [0, 0.05) is 37.5 Å². The van der Waals surface area contributed by atoms with Gasteiger partial charge in [0.05, 0.1) is 18.1 Å². The Hall–Kier alpha value is -3.09. The predicted molar refractivity (Wildman–Crippen MR) is 124 cm³/mol. The number of benzene rings is 1. The van der Waals surface area contributed by atoms with Crippen molar-refractivity contribution in [3.05, 3.63) is 52.9 Å². The molecule has 4 rings (SSSR count). The maximum absolute atomic E-state index is 13.0. The van der Waals surface area contributed by atoms with E-state index in [2.05, 4.69) is 25.6 Å². The summed E-state index contributed by atoms with van der Waals surface area (Å²) in [5.41, 5.74) is 0.400. The van der Waals surface area contributed by atoms with Gasteiger partial charge in [-0.2, -0.15) is 13.2 Å². The molecule has 1 aliphatic rings. The topological polar surface area (TPSA) is 109 Å². The molecular weight excluding hydrogens is 483 g/mol. The van der Waals surface area contributed by atoms with Crippen molar-refractivity contribution in [2.45, 2.75) is 38.0 Å². The Labute approximate surface area is 203 Å². The van der Waals surface area contributed by atoms with E-state index < -0.39 is 17.5 Å². The summed E-state index contributed by atoms with van der Waals surface area (Å²) in [6.45, 7) is 2.29. The van der Waals surface area contributed by atoms with E-state index in [1.165, 1.54) is 11.3 Å². The van der Waals surface area contributed by atoms with Gasteiger partial charge < -0.3 is 20.5 Å². The Morgan fingerprint density at radius 1 is 1.26 bits per heavy atom. The molecule has 186 valence electrons. The van der Waals surface area contributed by atoms with Crippen molar-refractivity contribution in [1.82, 2.24) is 20.3 Å². The van der Waals surface area contributed by atoms with Crippen LogP contribution >= 0.6 is 11.3 Å². The first-order valence-corrected chi connectivity index (χ1v) is 11.8. The summed E-state index contributed by atoms with van der Waals surface area (Å²) in [4.78, 5) is 24.8. The molecule has 0 aliphatic carbocycles. The summed E-state index contributed by atoms with van der Waals surface area (Å²) in [5, 5.41) is 15.7. The van der Waals surface area contributed by atoms with Gasteiger partial charge in [-0.1, -0.05) is 6.07 Å². The van der Waals surface area contributed by atoms with Gasteiger partial charge in [-0.3, -0.25) is 4.79 Å². The van der Waals surface area contributed by atoms with Crippen molar-refractivity contribution < 1.29 is 27.8 Å². The van der Waals surface area contributed by atoms with Gasteiger partial charge in [0.15, 0.2) is 0 Å². The Morgan fingerprint density at radius 2 is 2.09 bits per heavy atom. The van der Waals surface area contributed by atoms with Crippen LogP contribution in [0.1, 0.15) is 35.5 Å². The number of ether oxygens (including phenoxy) is 1. The zero-order chi connectivity index (χ0) is 25.1. The number of carbonyl (C=O) groups is 1. The van der Waals surface area contributed by atoms with Gasteiger partial charge in [0.1, 0.15) is 16.3 Å². The lowest BCUT2D eigenvalue weighted by atomic mass is 9.95. The molecule has 1 unspecified atom stereocenters. The molecule has 35 heavy (non-hydrogen) atoms. The minimum absolute atomic E-state index is 0.0533. The highest BCUT2D eigenvalue weighted by Crippen LogP contribution is 2.41. The number of halogens is 3. The molecule has 8 nitrogen and oxygen atoms in total. The van der Waals surface area contributed by atoms with Crippen LogP contribution in [0.25, 0.3) is 10.4 Å². The molecule has 3 aromatic rings. The number of rotatable bonds is 7. The van der Waals surface area contributed by atoms with E-state index in [9.17, 15) is 23.1 Å². The maximum atomic E-state index is 13.0. The van der Waals surface area contributed by atoms with Gasteiger partial charge in [0.25, 0.3) is 0 Å². The largest absolute Gasteiger partial charge is 0.433 e. The van der Waals surface area contributed by atoms with E-state index in [0.29, 0.717) is 30.1 Å². The molecule has 12 heteroatoms. The van der Waals surface area contributed by atoms with Crippen LogP contribution in [0.5, 0.6) is 0 Å². The normalized spacial score (nSPS) is 18.7. The van der Waals surface area contributed by atoms with Crippen LogP contribution in [0.4, 0.5) is 24.8 Å². The molecule has 1 aliphatic heterocycles. The molecule has 0 radical (unpaired) electrons. The summed E-state index contributed by atoms with van der Waals surface area (Å²) >= 11 is 1.42. The quantitative estimate of drug-likeness (QED) is 0.440. The van der Waals surface area contributed by atoms with E-state index in [0.717, 1.165) is 28.3 Å². The van der Waals surface area contributed by atoms with Crippen LogP contribution in [-0.2, 0) is 21.3 Å². The fourth-order valence-corrected chi connectivity index (χ4v) is 5.02. The molecule has 0 bridgehead atoms. The van der Waals surface area contributed by atoms with Crippen molar-refractivity contribution in [2.24, 2.45) is 0 Å². The lowest BCUT2D eigenvalue weighted by Gasteiger charge is -2.30. The number of aryl methyl sites for hydroxylation is 1. The number of nitrogens with one attached hydrogen (secondary N) is 2. The Kier molecular flexibility index (Phi) is 7.33. The van der Waals surface area contributed by atoms with Crippen molar-refractivity contribution in [3.8, 4) is 10.4 Å². The number of carbonyl (C=O) groups excluding carboxylic acids is 1. The lowest BCUT2D eigenvalue weighted by Crippen LogP contribution is -2.32. The van der Waals surface area contributed by atoms with Crippen LogP contribution in [0.15, 0.2) is 36.7 Å². The van der Waals surface area contributed by atoms with Crippen molar-refractivity contribution in [3.63, 3.8) is 0 Å². The van der Waals surface area contributed by atoms with Gasteiger partial charge in [0.2, 0.25) is 11.9 Å². The first-order chi connectivity index (χ1) is 16.7. The molecule has 1 amide bonds. The second-order valence-electron chi connectivity index (χ2n) is 8.17. The third kappa shape index (κ3) is 5.95. The van der Waals surface area contributed by atoms with Gasteiger partial charge in [-0.05, 0) is 42.7 Å². The smallest absolute Gasteiger partial charge is 0.394 e. The minimum atomic E-state index is -4.57. The zero-order valence-electron chi connectivity index (χ0n) is 18.9. The van der Waals surface area contributed by atoms with E-state index >= 15 is 0 Å². The maximum Gasteiger partial charge on any atom is 0.433 e. The number of hydrogen-bond acceptors (Lipinski definition) is 8. The Balaban J connectivity index is 1.62. The second kappa shape index (κ2) is 10.3. The Bertz CT molecular complexity index is 1200. The highest BCUT2D eigenvalue weighted by atomic mass is 32.1. The van der Waals surface area contributed by atoms with Gasteiger partial charge >= 0.3 is 6.18 Å². The SMILES string of the molecule is Cc1cc(Nc2nccc(C(F)(F)F)n2)cc(-c2cnc(C3(OCCO)CCNC(=O)CC3)s2)c1. The van der Waals surface area contributed by atoms with Crippen molar-refractivity contribution >= 4 is 28.9 Å². The minimum Gasteiger partial charge on any atom is -0.394 e. The standard InChI is InChI=1S/C23H24F3N5O3S/c1-14-10-15(12-16(11-14)30-21-28-6-3-18(31-21)23(24,25)26)17-13-29-20(35-17)22(34-9-8-32)4-2-19(33)27-7-5-22/h3,6,10-13,32H,2,4-5,7-9H2,1H3,(H,27,33)(H,28,30,31). The molecule has 1 atom stereocenters. The van der Waals surface area contributed by atoms with E-state index in [-0.39, 0.29) is 31.5 Å². The number of hydrogen-bond donors (Lipinski definition) is 3. The molecule has 0 saturated carbocycles. The van der Waals surface area contributed by atoms with Gasteiger partial charge in [-0.25, -0.2) is 15.0 Å². The molecular formula is C23H24F3N5O3S. The Morgan fingerprint density at radius 3 is 2.86 bits per heavy atom. The number of thiazole rings is 1. The number of anilines is 2. The number of amides is 1. The molecule has 1 saturated heterocycles. The molecule has 3 N–H and O–H groups in total. The first kappa shape index (κ1) is 25.0. The zero-order valence-corrected chi connectivity index (χ0v) is 19.7. The van der Waals surface area contributed by atoms with Crippen LogP contribution in [-0.4, -0.2) is 45.7 Å². The fourth-order valence-electron chi connectivity index (χ4n) is 3.92. The monoisotopic (exact) mass is 507 g/mol. The number of aromatic nitrogens is 3. The third-order valence-electron chi connectivity index (χ3n) is 5.54. The summed E-state index contributed by atoms with van der Waals surface area (Å²) in [6.07, 6.45) is -0.539. The van der Waals surface area contributed by atoms with Crippen LogP contribution < -0.4 is 10.6 Å². The van der Waals surface area contributed by atoms with E-state index in [1.807, 2.05) is 13.0 Å². The average molecular weight is 508 g/mol. The van der Waals surface area contributed by atoms with Gasteiger partial charge in [-0.15, -0.1) is 11.3 Å². The number of aliphatic hydroxyl groups excluding tert-OH is 1. The highest BCUT2D eigenvalue weighted by molar-refractivity contribution is 7.15. The predicted octanol–water partition coefficient (Wildman–Crippen LogP) is 4.18. The number of alkyl halides is 3. The third-order valence-corrected chi connectivity index (χ3v) is 6.77.